The molecule has 1 aromatic carbocycles. The Hall–Kier alpha value is -1.18. The van der Waals surface area contributed by atoms with Crippen LogP contribution in [0.25, 0.3) is 0 Å². The molecule has 2 saturated heterocycles. The van der Waals surface area contributed by atoms with Crippen molar-refractivity contribution in [1.82, 2.24) is 9.21 Å². The maximum absolute atomic E-state index is 13.9. The summed E-state index contributed by atoms with van der Waals surface area (Å²) in [5, 5.41) is 0. The molecule has 0 N–H and O–H groups in total. The Kier molecular flexibility index (Phi) is 5.42. The summed E-state index contributed by atoms with van der Waals surface area (Å²) in [4.78, 5) is 4.48. The largest absolute Gasteiger partial charge is 0.367 e. The lowest BCUT2D eigenvalue weighted by molar-refractivity contribution is 0.172. The molecule has 2 fully saturated rings. The van der Waals surface area contributed by atoms with Crippen LogP contribution in [0.1, 0.15) is 12.8 Å². The van der Waals surface area contributed by atoms with Crippen LogP contribution in [0.4, 0.5) is 10.1 Å². The van der Waals surface area contributed by atoms with E-state index in [1.54, 1.807) is 10.4 Å². The highest BCUT2D eigenvalue weighted by atomic mass is 32.2. The van der Waals surface area contributed by atoms with Gasteiger partial charge in [-0.15, -0.1) is 0 Å². The van der Waals surface area contributed by atoms with Gasteiger partial charge in [-0.3, -0.25) is 4.90 Å². The molecule has 1 unspecified atom stereocenters. The van der Waals surface area contributed by atoms with Crippen molar-refractivity contribution in [3.8, 4) is 0 Å². The van der Waals surface area contributed by atoms with Gasteiger partial charge < -0.3 is 4.90 Å². The Morgan fingerprint density at radius 1 is 1.12 bits per heavy atom. The van der Waals surface area contributed by atoms with Crippen molar-refractivity contribution in [3.63, 3.8) is 0 Å². The molecule has 3 rings (SSSR count). The first-order chi connectivity index (χ1) is 11.4. The lowest BCUT2D eigenvalue weighted by atomic mass is 9.98. The molecular weight excluding hydrogens is 329 g/mol. The second-order valence-electron chi connectivity index (χ2n) is 6.87. The van der Waals surface area contributed by atoms with Gasteiger partial charge in [0.2, 0.25) is 10.0 Å². The van der Waals surface area contributed by atoms with Crippen LogP contribution in [0.5, 0.6) is 0 Å². The fourth-order valence-electron chi connectivity index (χ4n) is 3.72. The monoisotopic (exact) mass is 355 g/mol. The fourth-order valence-corrected chi connectivity index (χ4v) is 4.66. The van der Waals surface area contributed by atoms with Crippen LogP contribution in [-0.2, 0) is 10.0 Å². The molecule has 1 aromatic rings. The fraction of sp³-hybridized carbons (Fsp3) is 0.647. The van der Waals surface area contributed by atoms with Crippen molar-refractivity contribution in [2.24, 2.45) is 5.92 Å². The minimum Gasteiger partial charge on any atom is -0.367 e. The third kappa shape index (κ3) is 4.26. The molecule has 2 aliphatic heterocycles. The van der Waals surface area contributed by atoms with Gasteiger partial charge in [-0.2, -0.15) is 0 Å². The predicted octanol–water partition coefficient (Wildman–Crippen LogP) is 1.62. The topological polar surface area (TPSA) is 43.9 Å². The third-order valence-corrected chi connectivity index (χ3v) is 6.30. The van der Waals surface area contributed by atoms with E-state index in [4.69, 9.17) is 0 Å². The number of benzene rings is 1. The van der Waals surface area contributed by atoms with Crippen molar-refractivity contribution < 1.29 is 12.8 Å². The SMILES string of the molecule is CS(=O)(=O)N1CCCC(CN2CCN(c3ccccc3F)CC2)C1. The molecule has 7 heteroatoms. The number of rotatable bonds is 4. The lowest BCUT2D eigenvalue weighted by Crippen LogP contribution is -2.50. The number of anilines is 1. The summed E-state index contributed by atoms with van der Waals surface area (Å²) in [5.41, 5.74) is 0.679. The van der Waals surface area contributed by atoms with Crippen molar-refractivity contribution >= 4 is 15.7 Å². The van der Waals surface area contributed by atoms with Crippen molar-refractivity contribution in [1.29, 1.82) is 0 Å². The normalized spacial score (nSPS) is 24.2. The van der Waals surface area contributed by atoms with E-state index in [1.165, 1.54) is 12.3 Å². The quantitative estimate of drug-likeness (QED) is 0.823. The van der Waals surface area contributed by atoms with Crippen molar-refractivity contribution in [3.05, 3.63) is 30.1 Å². The maximum atomic E-state index is 13.9. The summed E-state index contributed by atoms with van der Waals surface area (Å²) in [7, 11) is -3.08. The van der Waals surface area contributed by atoms with E-state index in [9.17, 15) is 12.8 Å². The summed E-state index contributed by atoms with van der Waals surface area (Å²) in [6.07, 6.45) is 3.31. The standard InChI is InChI=1S/C17H26FN3O2S/c1-24(22,23)21-8-4-5-15(14-21)13-19-9-11-20(12-10-19)17-7-3-2-6-16(17)18/h2-3,6-7,15H,4-5,8-14H2,1H3. The number of hydrogen-bond acceptors (Lipinski definition) is 4. The second-order valence-corrected chi connectivity index (χ2v) is 8.85. The van der Waals surface area contributed by atoms with Gasteiger partial charge >= 0.3 is 0 Å². The van der Waals surface area contributed by atoms with Crippen LogP contribution in [0, 0.1) is 11.7 Å². The van der Waals surface area contributed by atoms with E-state index >= 15 is 0 Å². The van der Waals surface area contributed by atoms with Crippen LogP contribution < -0.4 is 4.90 Å². The number of hydrogen-bond donors (Lipinski definition) is 0. The summed E-state index contributed by atoms with van der Waals surface area (Å²) in [6, 6.07) is 6.91. The zero-order chi connectivity index (χ0) is 17.2. The number of halogens is 1. The van der Waals surface area contributed by atoms with Crippen LogP contribution in [-0.4, -0.2) is 69.7 Å². The molecule has 134 valence electrons. The number of piperazine rings is 1. The van der Waals surface area contributed by atoms with Gasteiger partial charge in [-0.05, 0) is 30.9 Å². The zero-order valence-corrected chi connectivity index (χ0v) is 15.0. The molecule has 0 radical (unpaired) electrons. The third-order valence-electron chi connectivity index (χ3n) is 5.03. The van der Waals surface area contributed by atoms with Crippen LogP contribution in [0.15, 0.2) is 24.3 Å². The van der Waals surface area contributed by atoms with Gasteiger partial charge in [0.05, 0.1) is 11.9 Å². The molecule has 0 bridgehead atoms. The van der Waals surface area contributed by atoms with Gasteiger partial charge in [0.15, 0.2) is 0 Å². The van der Waals surface area contributed by atoms with Crippen molar-refractivity contribution in [2.45, 2.75) is 12.8 Å². The molecule has 0 amide bonds. The summed E-state index contributed by atoms with van der Waals surface area (Å²) >= 11 is 0. The van der Waals surface area contributed by atoms with E-state index in [0.29, 0.717) is 24.7 Å². The molecule has 0 aliphatic carbocycles. The Morgan fingerprint density at radius 3 is 2.50 bits per heavy atom. The molecule has 0 spiro atoms. The summed E-state index contributed by atoms with van der Waals surface area (Å²) in [6.45, 7) is 5.61. The molecule has 2 heterocycles. The predicted molar refractivity (Wildman–Crippen MR) is 94.2 cm³/mol. The molecular formula is C17H26FN3O2S. The van der Waals surface area contributed by atoms with E-state index in [0.717, 1.165) is 45.6 Å². The van der Waals surface area contributed by atoms with E-state index in [1.807, 2.05) is 12.1 Å². The minimum absolute atomic E-state index is 0.165. The van der Waals surface area contributed by atoms with Gasteiger partial charge in [0.25, 0.3) is 0 Å². The first-order valence-corrected chi connectivity index (χ1v) is 10.5. The van der Waals surface area contributed by atoms with Gasteiger partial charge in [-0.25, -0.2) is 17.1 Å². The van der Waals surface area contributed by atoms with Crippen LogP contribution >= 0.6 is 0 Å². The number of nitrogens with zero attached hydrogens (tertiary/aromatic N) is 3. The zero-order valence-electron chi connectivity index (χ0n) is 14.2. The smallest absolute Gasteiger partial charge is 0.211 e. The first-order valence-electron chi connectivity index (χ1n) is 8.60. The van der Waals surface area contributed by atoms with E-state index in [2.05, 4.69) is 9.80 Å². The molecule has 0 saturated carbocycles. The van der Waals surface area contributed by atoms with E-state index in [-0.39, 0.29) is 5.82 Å². The second kappa shape index (κ2) is 7.37. The Bertz CT molecular complexity index is 660. The highest BCUT2D eigenvalue weighted by Gasteiger charge is 2.28. The highest BCUT2D eigenvalue weighted by Crippen LogP contribution is 2.23. The molecule has 5 nitrogen and oxygen atoms in total. The van der Waals surface area contributed by atoms with E-state index < -0.39 is 10.0 Å². The number of piperidine rings is 1. The maximum Gasteiger partial charge on any atom is 0.211 e. The number of para-hydroxylation sites is 1. The van der Waals surface area contributed by atoms with Crippen LogP contribution in [0.2, 0.25) is 0 Å². The molecule has 1 atom stereocenters. The first kappa shape index (κ1) is 17.6. The van der Waals surface area contributed by atoms with Gasteiger partial charge in [0, 0.05) is 45.8 Å². The van der Waals surface area contributed by atoms with Gasteiger partial charge in [-0.1, -0.05) is 12.1 Å². The Morgan fingerprint density at radius 2 is 1.83 bits per heavy atom. The van der Waals surface area contributed by atoms with Crippen LogP contribution in [0.3, 0.4) is 0 Å². The summed E-state index contributed by atoms with van der Waals surface area (Å²) in [5.74, 6) is 0.232. The highest BCUT2D eigenvalue weighted by molar-refractivity contribution is 7.88. The molecule has 24 heavy (non-hydrogen) atoms. The van der Waals surface area contributed by atoms with Gasteiger partial charge in [0.1, 0.15) is 5.82 Å². The average molecular weight is 355 g/mol. The molecule has 0 aromatic heterocycles. The Balaban J connectivity index is 1.51. The lowest BCUT2D eigenvalue weighted by Gasteiger charge is -2.39. The Labute approximate surface area is 144 Å². The number of sulfonamides is 1. The van der Waals surface area contributed by atoms with Crippen molar-refractivity contribution in [2.75, 3.05) is 57.0 Å². The minimum atomic E-state index is -3.08. The average Bonchev–Trinajstić information content (AvgIpc) is 2.56. The molecule has 2 aliphatic rings. The summed E-state index contributed by atoms with van der Waals surface area (Å²) < 4.78 is 38.9.